The smallest absolute Gasteiger partial charge is 0.236 e. The molecule has 5 rings (SSSR count). The first-order chi connectivity index (χ1) is 18.0. The summed E-state index contributed by atoms with van der Waals surface area (Å²) in [6.07, 6.45) is 2.33. The second-order valence-corrected chi connectivity index (χ2v) is 11.0. The summed E-state index contributed by atoms with van der Waals surface area (Å²) in [5.41, 5.74) is 3.92. The van der Waals surface area contributed by atoms with Crippen LogP contribution in [0.2, 0.25) is 10.0 Å². The van der Waals surface area contributed by atoms with Gasteiger partial charge in [0.2, 0.25) is 5.91 Å². The van der Waals surface area contributed by atoms with E-state index in [2.05, 4.69) is 20.5 Å². The van der Waals surface area contributed by atoms with Crippen LogP contribution in [0.1, 0.15) is 16.0 Å². The third-order valence-electron chi connectivity index (χ3n) is 5.55. The Hall–Kier alpha value is -3.17. The maximum Gasteiger partial charge on any atom is 0.236 e. The van der Waals surface area contributed by atoms with E-state index in [-0.39, 0.29) is 11.7 Å². The van der Waals surface area contributed by atoms with Gasteiger partial charge in [-0.15, -0.1) is 21.5 Å². The van der Waals surface area contributed by atoms with Crippen LogP contribution in [-0.4, -0.2) is 31.4 Å². The number of benzene rings is 3. The molecule has 6 nitrogen and oxygen atoms in total. The van der Waals surface area contributed by atoms with Crippen LogP contribution in [-0.2, 0) is 11.2 Å². The number of thioether (sulfide) groups is 1. The minimum atomic E-state index is -0.174. The first-order valence-electron chi connectivity index (χ1n) is 11.4. The second kappa shape index (κ2) is 11.5. The van der Waals surface area contributed by atoms with E-state index in [1.54, 1.807) is 12.3 Å². The lowest BCUT2D eigenvalue weighted by Gasteiger charge is -2.12. The van der Waals surface area contributed by atoms with Crippen molar-refractivity contribution in [1.29, 1.82) is 0 Å². The molecule has 3 aromatic carbocycles. The largest absolute Gasteiger partial charge is 0.301 e. The number of aromatic nitrogens is 4. The minimum Gasteiger partial charge on any atom is -0.301 e. The minimum absolute atomic E-state index is 0.161. The van der Waals surface area contributed by atoms with Crippen molar-refractivity contribution in [3.8, 4) is 17.1 Å². The molecule has 0 radical (unpaired) electrons. The summed E-state index contributed by atoms with van der Waals surface area (Å²) in [5.74, 6) is 0.711. The predicted octanol–water partition coefficient (Wildman–Crippen LogP) is 7.33. The molecule has 0 aliphatic rings. The van der Waals surface area contributed by atoms with Crippen molar-refractivity contribution in [2.24, 2.45) is 0 Å². The lowest BCUT2D eigenvalue weighted by molar-refractivity contribution is -0.113. The molecule has 186 valence electrons. The standard InChI is InChI=1S/C27H21Cl2N5OS2/c1-17-8-5-6-13-22(17)34-25(18-9-3-2-4-10-18)32-33-27(34)36-16-23(35)31-26-30-15-20(37-26)14-19-11-7-12-21(28)24(19)29/h2-13,15H,14,16H2,1H3,(H,30,31,35). The van der Waals surface area contributed by atoms with Crippen molar-refractivity contribution in [3.63, 3.8) is 0 Å². The van der Waals surface area contributed by atoms with Gasteiger partial charge >= 0.3 is 0 Å². The Balaban J connectivity index is 1.30. The van der Waals surface area contributed by atoms with Crippen LogP contribution >= 0.6 is 46.3 Å². The van der Waals surface area contributed by atoms with Crippen LogP contribution in [0.5, 0.6) is 0 Å². The van der Waals surface area contributed by atoms with Gasteiger partial charge in [0.05, 0.1) is 21.5 Å². The molecule has 10 heteroatoms. The average Bonchev–Trinajstić information content (AvgIpc) is 3.53. The van der Waals surface area contributed by atoms with Gasteiger partial charge in [-0.05, 0) is 30.2 Å². The molecular formula is C27H21Cl2N5OS2. The van der Waals surface area contributed by atoms with Crippen LogP contribution in [0.4, 0.5) is 5.13 Å². The Morgan fingerprint density at radius 2 is 1.78 bits per heavy atom. The van der Waals surface area contributed by atoms with Crippen LogP contribution in [0.25, 0.3) is 17.1 Å². The van der Waals surface area contributed by atoms with Crippen LogP contribution in [0, 0.1) is 6.92 Å². The maximum absolute atomic E-state index is 12.8. The van der Waals surface area contributed by atoms with E-state index >= 15 is 0 Å². The van der Waals surface area contributed by atoms with Gasteiger partial charge in [-0.2, -0.15) is 0 Å². The number of rotatable bonds is 8. The normalized spacial score (nSPS) is 11.0. The molecule has 1 amide bonds. The molecule has 37 heavy (non-hydrogen) atoms. The van der Waals surface area contributed by atoms with E-state index in [0.29, 0.717) is 26.8 Å². The molecule has 2 aromatic heterocycles. The Morgan fingerprint density at radius 1 is 1.00 bits per heavy atom. The van der Waals surface area contributed by atoms with Crippen LogP contribution in [0.15, 0.2) is 84.1 Å². The summed E-state index contributed by atoms with van der Waals surface area (Å²) in [5, 5.41) is 14.0. The van der Waals surface area contributed by atoms with E-state index < -0.39 is 0 Å². The number of para-hydroxylation sites is 1. The van der Waals surface area contributed by atoms with Gasteiger partial charge in [0.1, 0.15) is 0 Å². The Kier molecular flexibility index (Phi) is 7.90. The zero-order chi connectivity index (χ0) is 25.8. The number of carbonyl (C=O) groups is 1. The molecule has 0 bridgehead atoms. The molecule has 0 spiro atoms. The zero-order valence-electron chi connectivity index (χ0n) is 19.7. The van der Waals surface area contributed by atoms with Gasteiger partial charge in [-0.3, -0.25) is 9.36 Å². The second-order valence-electron chi connectivity index (χ2n) is 8.15. The van der Waals surface area contributed by atoms with E-state index in [1.807, 2.05) is 78.2 Å². The molecule has 0 unspecified atom stereocenters. The van der Waals surface area contributed by atoms with Crippen molar-refractivity contribution >= 4 is 57.3 Å². The molecule has 0 atom stereocenters. The lowest BCUT2D eigenvalue weighted by atomic mass is 10.1. The lowest BCUT2D eigenvalue weighted by Crippen LogP contribution is -2.14. The van der Waals surface area contributed by atoms with Gasteiger partial charge in [0.15, 0.2) is 16.1 Å². The predicted molar refractivity (Wildman–Crippen MR) is 152 cm³/mol. The van der Waals surface area contributed by atoms with Crippen molar-refractivity contribution in [2.75, 3.05) is 11.1 Å². The van der Waals surface area contributed by atoms with Gasteiger partial charge < -0.3 is 5.32 Å². The molecule has 5 aromatic rings. The van der Waals surface area contributed by atoms with E-state index in [0.717, 1.165) is 33.1 Å². The van der Waals surface area contributed by atoms with Crippen LogP contribution < -0.4 is 5.32 Å². The number of nitrogens with one attached hydrogen (secondary N) is 1. The number of aryl methyl sites for hydroxylation is 1. The van der Waals surface area contributed by atoms with Gasteiger partial charge in [0, 0.05) is 23.1 Å². The van der Waals surface area contributed by atoms with Crippen molar-refractivity contribution < 1.29 is 4.79 Å². The summed E-state index contributed by atoms with van der Waals surface area (Å²) < 4.78 is 2.00. The Bertz CT molecular complexity index is 1550. The van der Waals surface area contributed by atoms with E-state index in [4.69, 9.17) is 23.2 Å². The highest BCUT2D eigenvalue weighted by Crippen LogP contribution is 2.31. The summed E-state index contributed by atoms with van der Waals surface area (Å²) >= 11 is 15.2. The summed E-state index contributed by atoms with van der Waals surface area (Å²) in [4.78, 5) is 18.1. The Morgan fingerprint density at radius 3 is 2.59 bits per heavy atom. The number of nitrogens with zero attached hydrogens (tertiary/aromatic N) is 4. The van der Waals surface area contributed by atoms with Gasteiger partial charge in [-0.25, -0.2) is 4.98 Å². The van der Waals surface area contributed by atoms with Crippen molar-refractivity contribution in [1.82, 2.24) is 19.7 Å². The molecule has 0 saturated heterocycles. The SMILES string of the molecule is Cc1ccccc1-n1c(SCC(=O)Nc2ncc(Cc3cccc(Cl)c3Cl)s2)nnc1-c1ccccc1. The molecule has 1 N–H and O–H groups in total. The number of hydrogen-bond acceptors (Lipinski definition) is 6. The highest BCUT2D eigenvalue weighted by atomic mass is 35.5. The molecule has 0 aliphatic heterocycles. The number of halogens is 2. The van der Waals surface area contributed by atoms with E-state index in [1.165, 1.54) is 23.1 Å². The fourth-order valence-electron chi connectivity index (χ4n) is 3.77. The fraction of sp³-hybridized carbons (Fsp3) is 0.111. The van der Waals surface area contributed by atoms with E-state index in [9.17, 15) is 4.79 Å². The van der Waals surface area contributed by atoms with Crippen molar-refractivity contribution in [3.05, 3.63) is 105 Å². The number of carbonyl (C=O) groups excluding carboxylic acids is 1. The number of amides is 1. The van der Waals surface area contributed by atoms with Crippen molar-refractivity contribution in [2.45, 2.75) is 18.5 Å². The maximum atomic E-state index is 12.8. The van der Waals surface area contributed by atoms with Gasteiger partial charge in [-0.1, -0.05) is 95.6 Å². The molecule has 2 heterocycles. The first-order valence-corrected chi connectivity index (χ1v) is 13.9. The number of hydrogen-bond donors (Lipinski definition) is 1. The highest BCUT2D eigenvalue weighted by Gasteiger charge is 2.19. The molecule has 0 fully saturated rings. The quantitative estimate of drug-likeness (QED) is 0.199. The third kappa shape index (κ3) is 5.88. The Labute approximate surface area is 232 Å². The topological polar surface area (TPSA) is 72.7 Å². The molecular weight excluding hydrogens is 545 g/mol. The molecule has 0 aliphatic carbocycles. The fourth-order valence-corrected chi connectivity index (χ4v) is 5.76. The van der Waals surface area contributed by atoms with Gasteiger partial charge in [0.25, 0.3) is 0 Å². The summed E-state index contributed by atoms with van der Waals surface area (Å²) in [7, 11) is 0. The monoisotopic (exact) mass is 565 g/mol. The zero-order valence-corrected chi connectivity index (χ0v) is 22.8. The summed E-state index contributed by atoms with van der Waals surface area (Å²) in [6.45, 7) is 2.04. The van der Waals surface area contributed by atoms with Crippen LogP contribution in [0.3, 0.4) is 0 Å². The summed E-state index contributed by atoms with van der Waals surface area (Å²) in [6, 6.07) is 23.5. The number of thiazole rings is 1. The highest BCUT2D eigenvalue weighted by molar-refractivity contribution is 7.99. The number of anilines is 1. The first kappa shape index (κ1) is 25.5. The average molecular weight is 567 g/mol. The molecule has 0 saturated carbocycles. The third-order valence-corrected chi connectivity index (χ3v) is 8.25.